The van der Waals surface area contributed by atoms with E-state index in [-0.39, 0.29) is 10.9 Å². The Kier molecular flexibility index (Phi) is 4.52. The van der Waals surface area contributed by atoms with Gasteiger partial charge < -0.3 is 15.8 Å². The molecule has 1 unspecified atom stereocenters. The molecule has 20 heavy (non-hydrogen) atoms. The lowest BCUT2D eigenvalue weighted by Crippen LogP contribution is -2.31. The van der Waals surface area contributed by atoms with Crippen LogP contribution in [0.25, 0.3) is 0 Å². The Morgan fingerprint density at radius 3 is 2.60 bits per heavy atom. The van der Waals surface area contributed by atoms with E-state index in [0.29, 0.717) is 17.3 Å². The quantitative estimate of drug-likeness (QED) is 0.723. The molecule has 1 atom stereocenters. The molecule has 1 fully saturated rings. The molecular weight excluding hydrogens is 278 g/mol. The number of hydrogen-bond donors (Lipinski definition) is 3. The van der Waals surface area contributed by atoms with E-state index in [1.165, 1.54) is 12.1 Å². The lowest BCUT2D eigenvalue weighted by molar-refractivity contribution is 0.0622. The van der Waals surface area contributed by atoms with Crippen LogP contribution in [0.4, 0.5) is 11.4 Å². The summed E-state index contributed by atoms with van der Waals surface area (Å²) in [6, 6.07) is 4.64. The Hall–Kier alpha value is -1.31. The summed E-state index contributed by atoms with van der Waals surface area (Å²) < 4.78 is 28.1. The van der Waals surface area contributed by atoms with Crippen molar-refractivity contribution >= 4 is 21.4 Å². The van der Waals surface area contributed by atoms with Crippen LogP contribution < -0.4 is 16.2 Å². The molecule has 0 aliphatic carbocycles. The van der Waals surface area contributed by atoms with Gasteiger partial charge in [-0.3, -0.25) is 0 Å². The van der Waals surface area contributed by atoms with Crippen LogP contribution in [0, 0.1) is 5.92 Å². The first-order valence-electron chi connectivity index (χ1n) is 6.64. The molecule has 1 aromatic rings. The lowest BCUT2D eigenvalue weighted by Gasteiger charge is -2.29. The third-order valence-corrected chi connectivity index (χ3v) is 4.62. The Balaban J connectivity index is 2.15. The molecule has 6 nitrogen and oxygen atoms in total. The van der Waals surface area contributed by atoms with Gasteiger partial charge in [-0.1, -0.05) is 0 Å². The molecular formula is C13H21N3O3S. The number of anilines is 2. The zero-order valence-electron chi connectivity index (χ0n) is 11.5. The van der Waals surface area contributed by atoms with Crippen LogP contribution in [-0.4, -0.2) is 27.7 Å². The van der Waals surface area contributed by atoms with Gasteiger partial charge >= 0.3 is 0 Å². The smallest absolute Gasteiger partial charge is 0.238 e. The van der Waals surface area contributed by atoms with Gasteiger partial charge in [-0.05, 0) is 43.9 Å². The van der Waals surface area contributed by atoms with Crippen molar-refractivity contribution in [1.82, 2.24) is 0 Å². The van der Waals surface area contributed by atoms with Crippen LogP contribution >= 0.6 is 0 Å². The average molecular weight is 299 g/mol. The Morgan fingerprint density at radius 2 is 2.00 bits per heavy atom. The molecule has 0 aromatic heterocycles. The fourth-order valence-electron chi connectivity index (χ4n) is 2.42. The zero-order chi connectivity index (χ0) is 14.8. The summed E-state index contributed by atoms with van der Waals surface area (Å²) in [5.74, 6) is 0.487. The molecule has 1 aliphatic heterocycles. The second kappa shape index (κ2) is 5.99. The standard InChI is InChI=1S/C13H21N3O3S/c1-9(10-4-6-19-7-5-10)16-13-8-11(20(15,17)18)2-3-12(13)14/h2-3,8-10,16H,4-7,14H2,1H3,(H2,15,17,18). The molecule has 1 aromatic carbocycles. The van der Waals surface area contributed by atoms with Crippen molar-refractivity contribution in [3.63, 3.8) is 0 Å². The van der Waals surface area contributed by atoms with E-state index in [1.807, 2.05) is 0 Å². The normalized spacial score (nSPS) is 18.7. The minimum Gasteiger partial charge on any atom is -0.397 e. The second-order valence-electron chi connectivity index (χ2n) is 5.18. The summed E-state index contributed by atoms with van der Waals surface area (Å²) in [6.45, 7) is 3.60. The Bertz CT molecular complexity index is 568. The van der Waals surface area contributed by atoms with Crippen LogP contribution in [-0.2, 0) is 14.8 Å². The van der Waals surface area contributed by atoms with E-state index in [0.717, 1.165) is 26.1 Å². The number of primary sulfonamides is 1. The summed E-state index contributed by atoms with van der Waals surface area (Å²) in [7, 11) is -3.72. The van der Waals surface area contributed by atoms with Crippen LogP contribution in [0.2, 0.25) is 0 Å². The molecule has 0 bridgehead atoms. The van der Waals surface area contributed by atoms with Crippen molar-refractivity contribution in [2.75, 3.05) is 24.3 Å². The largest absolute Gasteiger partial charge is 0.397 e. The van der Waals surface area contributed by atoms with Crippen LogP contribution in [0.5, 0.6) is 0 Å². The molecule has 5 N–H and O–H groups in total. The SMILES string of the molecule is CC(Nc1cc(S(N)(=O)=O)ccc1N)C1CCOCC1. The van der Waals surface area contributed by atoms with Gasteiger partial charge in [0.15, 0.2) is 0 Å². The highest BCUT2D eigenvalue weighted by Crippen LogP contribution is 2.26. The number of sulfonamides is 1. The van der Waals surface area contributed by atoms with Crippen molar-refractivity contribution in [3.05, 3.63) is 18.2 Å². The third-order valence-electron chi connectivity index (χ3n) is 3.71. The number of nitrogens with two attached hydrogens (primary N) is 2. The van der Waals surface area contributed by atoms with Crippen molar-refractivity contribution in [3.8, 4) is 0 Å². The molecule has 1 heterocycles. The Labute approximate surface area is 119 Å². The first kappa shape index (κ1) is 15.1. The molecule has 0 radical (unpaired) electrons. The summed E-state index contributed by atoms with van der Waals surface area (Å²) in [6.07, 6.45) is 1.98. The van der Waals surface area contributed by atoms with Gasteiger partial charge in [0.25, 0.3) is 0 Å². The highest BCUT2D eigenvalue weighted by molar-refractivity contribution is 7.89. The van der Waals surface area contributed by atoms with Gasteiger partial charge in [0, 0.05) is 19.3 Å². The summed E-state index contributed by atoms with van der Waals surface area (Å²) in [5.41, 5.74) is 7.01. The monoisotopic (exact) mass is 299 g/mol. The van der Waals surface area contributed by atoms with E-state index in [2.05, 4.69) is 12.2 Å². The van der Waals surface area contributed by atoms with Gasteiger partial charge in [0.2, 0.25) is 10.0 Å². The fourth-order valence-corrected chi connectivity index (χ4v) is 2.96. The maximum atomic E-state index is 11.4. The summed E-state index contributed by atoms with van der Waals surface area (Å²) >= 11 is 0. The maximum absolute atomic E-state index is 11.4. The number of nitrogen functional groups attached to an aromatic ring is 1. The van der Waals surface area contributed by atoms with Crippen molar-refractivity contribution < 1.29 is 13.2 Å². The first-order chi connectivity index (χ1) is 9.38. The fraction of sp³-hybridized carbons (Fsp3) is 0.538. The minimum atomic E-state index is -3.72. The minimum absolute atomic E-state index is 0.0633. The van der Waals surface area contributed by atoms with Crippen LogP contribution in [0.15, 0.2) is 23.1 Å². The van der Waals surface area contributed by atoms with E-state index in [1.54, 1.807) is 6.07 Å². The number of benzene rings is 1. The van der Waals surface area contributed by atoms with Gasteiger partial charge in [-0.15, -0.1) is 0 Å². The zero-order valence-corrected chi connectivity index (χ0v) is 12.3. The number of nitrogens with one attached hydrogen (secondary N) is 1. The van der Waals surface area contributed by atoms with E-state index in [9.17, 15) is 8.42 Å². The van der Waals surface area contributed by atoms with Crippen LogP contribution in [0.3, 0.4) is 0 Å². The highest BCUT2D eigenvalue weighted by atomic mass is 32.2. The third kappa shape index (κ3) is 3.62. The van der Waals surface area contributed by atoms with Gasteiger partial charge in [0.05, 0.1) is 16.3 Å². The maximum Gasteiger partial charge on any atom is 0.238 e. The van der Waals surface area contributed by atoms with Gasteiger partial charge in [0.1, 0.15) is 0 Å². The van der Waals surface area contributed by atoms with Crippen molar-refractivity contribution in [2.45, 2.75) is 30.7 Å². The summed E-state index contributed by atoms with van der Waals surface area (Å²) in [4.78, 5) is 0.0633. The van der Waals surface area contributed by atoms with Crippen molar-refractivity contribution in [2.24, 2.45) is 11.1 Å². The van der Waals surface area contributed by atoms with E-state index in [4.69, 9.17) is 15.6 Å². The lowest BCUT2D eigenvalue weighted by atomic mass is 9.93. The molecule has 1 aliphatic rings. The average Bonchev–Trinajstić information content (AvgIpc) is 2.41. The predicted molar refractivity (Wildman–Crippen MR) is 78.9 cm³/mol. The summed E-state index contributed by atoms with van der Waals surface area (Å²) in [5, 5.41) is 8.43. The number of rotatable bonds is 4. The molecule has 1 saturated heterocycles. The highest BCUT2D eigenvalue weighted by Gasteiger charge is 2.21. The number of ether oxygens (including phenoxy) is 1. The Morgan fingerprint density at radius 1 is 1.35 bits per heavy atom. The number of hydrogen-bond acceptors (Lipinski definition) is 5. The first-order valence-corrected chi connectivity index (χ1v) is 8.19. The van der Waals surface area contributed by atoms with E-state index < -0.39 is 10.0 Å². The molecule has 112 valence electrons. The molecule has 2 rings (SSSR count). The molecule has 0 spiro atoms. The van der Waals surface area contributed by atoms with Gasteiger partial charge in [-0.25, -0.2) is 13.6 Å². The van der Waals surface area contributed by atoms with Crippen molar-refractivity contribution in [1.29, 1.82) is 0 Å². The molecule has 7 heteroatoms. The molecule has 0 saturated carbocycles. The van der Waals surface area contributed by atoms with Gasteiger partial charge in [-0.2, -0.15) is 0 Å². The molecule has 0 amide bonds. The predicted octanol–water partition coefficient (Wildman–Crippen LogP) is 1.14. The topological polar surface area (TPSA) is 107 Å². The van der Waals surface area contributed by atoms with E-state index >= 15 is 0 Å². The second-order valence-corrected chi connectivity index (χ2v) is 6.74. The van der Waals surface area contributed by atoms with Crippen LogP contribution in [0.1, 0.15) is 19.8 Å².